The number of anilines is 2. The lowest BCUT2D eigenvalue weighted by molar-refractivity contribution is 0.0663. The minimum Gasteiger partial charge on any atom is -0.475 e. The highest BCUT2D eigenvalue weighted by molar-refractivity contribution is 6.36. The number of halogens is 2. The van der Waals surface area contributed by atoms with Crippen molar-refractivity contribution < 1.29 is 14.3 Å². The van der Waals surface area contributed by atoms with Crippen molar-refractivity contribution in [2.24, 2.45) is 0 Å². The van der Waals surface area contributed by atoms with Gasteiger partial charge in [-0.3, -0.25) is 0 Å². The van der Waals surface area contributed by atoms with Gasteiger partial charge in [0, 0.05) is 11.1 Å². The zero-order valence-corrected chi connectivity index (χ0v) is 9.92. The Morgan fingerprint density at radius 3 is 2.59 bits per heavy atom. The van der Waals surface area contributed by atoms with Gasteiger partial charge in [0.2, 0.25) is 5.76 Å². The molecule has 88 valence electrons. The highest BCUT2D eigenvalue weighted by Crippen LogP contribution is 2.28. The second-order valence-electron chi connectivity index (χ2n) is 3.22. The van der Waals surface area contributed by atoms with Gasteiger partial charge in [0.1, 0.15) is 0 Å². The Morgan fingerprint density at radius 2 is 2.00 bits per heavy atom. The molecule has 2 rings (SSSR count). The summed E-state index contributed by atoms with van der Waals surface area (Å²) in [6.07, 6.45) is 0. The number of hydrogen-bond acceptors (Lipinski definition) is 3. The summed E-state index contributed by atoms with van der Waals surface area (Å²) in [5.41, 5.74) is 0.586. The molecule has 2 N–H and O–H groups in total. The molecule has 1 heterocycles. The van der Waals surface area contributed by atoms with Gasteiger partial charge in [-0.05, 0) is 24.3 Å². The van der Waals surface area contributed by atoms with Crippen LogP contribution in [0.3, 0.4) is 0 Å². The second-order valence-corrected chi connectivity index (χ2v) is 4.06. The Labute approximate surface area is 107 Å². The van der Waals surface area contributed by atoms with Gasteiger partial charge >= 0.3 is 5.97 Å². The van der Waals surface area contributed by atoms with Crippen LogP contribution in [0.2, 0.25) is 10.0 Å². The zero-order valence-electron chi connectivity index (χ0n) is 8.41. The van der Waals surface area contributed by atoms with Crippen LogP contribution in [0.15, 0.2) is 34.7 Å². The molecule has 4 nitrogen and oxygen atoms in total. The SMILES string of the molecule is O=C(O)c1ccc(Nc2ccc(Cl)cc2Cl)o1. The van der Waals surface area contributed by atoms with Gasteiger partial charge in [-0.2, -0.15) is 0 Å². The fourth-order valence-corrected chi connectivity index (χ4v) is 1.70. The first-order valence-corrected chi connectivity index (χ1v) is 5.37. The molecule has 17 heavy (non-hydrogen) atoms. The summed E-state index contributed by atoms with van der Waals surface area (Å²) in [6, 6.07) is 7.78. The molecule has 0 saturated carbocycles. The van der Waals surface area contributed by atoms with E-state index in [0.717, 1.165) is 0 Å². The smallest absolute Gasteiger partial charge is 0.371 e. The molecule has 0 aliphatic carbocycles. The van der Waals surface area contributed by atoms with Crippen molar-refractivity contribution >= 4 is 40.7 Å². The number of carboxylic acids is 1. The zero-order chi connectivity index (χ0) is 12.4. The summed E-state index contributed by atoms with van der Waals surface area (Å²) in [4.78, 5) is 10.6. The number of carbonyl (C=O) groups is 1. The van der Waals surface area contributed by atoms with Crippen molar-refractivity contribution in [3.8, 4) is 0 Å². The van der Waals surface area contributed by atoms with Crippen molar-refractivity contribution in [2.45, 2.75) is 0 Å². The molecule has 0 spiro atoms. The summed E-state index contributed by atoms with van der Waals surface area (Å²) in [6.45, 7) is 0. The summed E-state index contributed by atoms with van der Waals surface area (Å²) in [5, 5.41) is 12.5. The normalized spacial score (nSPS) is 10.2. The maximum Gasteiger partial charge on any atom is 0.371 e. The number of nitrogens with one attached hydrogen (secondary N) is 1. The number of hydrogen-bond donors (Lipinski definition) is 2. The fraction of sp³-hybridized carbons (Fsp3) is 0. The van der Waals surface area contributed by atoms with E-state index in [2.05, 4.69) is 5.32 Å². The van der Waals surface area contributed by atoms with Crippen LogP contribution >= 0.6 is 23.2 Å². The third kappa shape index (κ3) is 2.72. The monoisotopic (exact) mass is 271 g/mol. The lowest BCUT2D eigenvalue weighted by Crippen LogP contribution is -1.92. The van der Waals surface area contributed by atoms with Crippen LogP contribution in [-0.2, 0) is 0 Å². The molecule has 0 amide bonds. The lowest BCUT2D eigenvalue weighted by Gasteiger charge is -2.05. The average Bonchev–Trinajstić information content (AvgIpc) is 2.71. The molecule has 0 aliphatic rings. The van der Waals surface area contributed by atoms with E-state index >= 15 is 0 Å². The van der Waals surface area contributed by atoms with E-state index in [1.165, 1.54) is 12.1 Å². The van der Waals surface area contributed by atoms with Gasteiger partial charge in [-0.15, -0.1) is 0 Å². The van der Waals surface area contributed by atoms with E-state index in [9.17, 15) is 4.79 Å². The molecule has 0 fully saturated rings. The topological polar surface area (TPSA) is 62.5 Å². The van der Waals surface area contributed by atoms with Crippen LogP contribution < -0.4 is 5.32 Å². The predicted molar refractivity (Wildman–Crippen MR) is 65.4 cm³/mol. The molecule has 1 aromatic heterocycles. The summed E-state index contributed by atoms with van der Waals surface area (Å²) in [7, 11) is 0. The van der Waals surface area contributed by atoms with Crippen molar-refractivity contribution in [1.29, 1.82) is 0 Å². The predicted octanol–water partition coefficient (Wildman–Crippen LogP) is 4.03. The van der Waals surface area contributed by atoms with E-state index in [-0.39, 0.29) is 5.76 Å². The third-order valence-corrected chi connectivity index (χ3v) is 2.55. The summed E-state index contributed by atoms with van der Waals surface area (Å²) >= 11 is 11.7. The molecule has 1 aromatic carbocycles. The molecular formula is C11H7Cl2NO3. The molecule has 0 bridgehead atoms. The average molecular weight is 272 g/mol. The van der Waals surface area contributed by atoms with Crippen LogP contribution in [0, 0.1) is 0 Å². The van der Waals surface area contributed by atoms with Gasteiger partial charge in [0.25, 0.3) is 0 Å². The van der Waals surface area contributed by atoms with E-state index in [1.54, 1.807) is 18.2 Å². The van der Waals surface area contributed by atoms with E-state index in [0.29, 0.717) is 21.6 Å². The number of carboxylic acid groups (broad SMARTS) is 1. The highest BCUT2D eigenvalue weighted by Gasteiger charge is 2.10. The Hall–Kier alpha value is -1.65. The first kappa shape index (κ1) is 11.8. The molecule has 6 heteroatoms. The van der Waals surface area contributed by atoms with Crippen LogP contribution in [0.25, 0.3) is 0 Å². The van der Waals surface area contributed by atoms with Crippen LogP contribution in [0.5, 0.6) is 0 Å². The van der Waals surface area contributed by atoms with Crippen molar-refractivity contribution in [3.05, 3.63) is 46.1 Å². The van der Waals surface area contributed by atoms with Gasteiger partial charge < -0.3 is 14.8 Å². The Kier molecular flexibility index (Phi) is 3.26. The van der Waals surface area contributed by atoms with Crippen molar-refractivity contribution in [3.63, 3.8) is 0 Å². The van der Waals surface area contributed by atoms with Crippen molar-refractivity contribution in [2.75, 3.05) is 5.32 Å². The quantitative estimate of drug-likeness (QED) is 0.885. The maximum atomic E-state index is 10.6. The van der Waals surface area contributed by atoms with Gasteiger partial charge in [-0.1, -0.05) is 23.2 Å². The highest BCUT2D eigenvalue weighted by atomic mass is 35.5. The number of furan rings is 1. The number of rotatable bonds is 3. The van der Waals surface area contributed by atoms with E-state index in [1.807, 2.05) is 0 Å². The third-order valence-electron chi connectivity index (χ3n) is 2.01. The Morgan fingerprint density at radius 1 is 1.24 bits per heavy atom. The summed E-state index contributed by atoms with van der Waals surface area (Å²) < 4.78 is 5.03. The fourth-order valence-electron chi connectivity index (χ4n) is 1.24. The molecular weight excluding hydrogens is 265 g/mol. The second kappa shape index (κ2) is 4.69. The molecule has 2 aromatic rings. The molecule has 0 unspecified atom stereocenters. The number of aromatic carboxylic acids is 1. The molecule has 0 atom stereocenters. The summed E-state index contributed by atoms with van der Waals surface area (Å²) in [5.74, 6) is -0.968. The van der Waals surface area contributed by atoms with E-state index in [4.69, 9.17) is 32.7 Å². The first-order chi connectivity index (χ1) is 8.06. The van der Waals surface area contributed by atoms with Gasteiger partial charge in [0.15, 0.2) is 5.88 Å². The standard InChI is InChI=1S/C11H7Cl2NO3/c12-6-1-2-8(7(13)5-6)14-10-4-3-9(17-10)11(15)16/h1-5,14H,(H,15,16). The minimum atomic E-state index is -1.12. The first-order valence-electron chi connectivity index (χ1n) is 4.61. The maximum absolute atomic E-state index is 10.6. The molecule has 0 radical (unpaired) electrons. The minimum absolute atomic E-state index is 0.141. The van der Waals surface area contributed by atoms with Gasteiger partial charge in [-0.25, -0.2) is 4.79 Å². The van der Waals surface area contributed by atoms with Crippen LogP contribution in [0.4, 0.5) is 11.6 Å². The van der Waals surface area contributed by atoms with Gasteiger partial charge in [0.05, 0.1) is 10.7 Å². The Balaban J connectivity index is 2.22. The largest absolute Gasteiger partial charge is 0.475 e. The molecule has 0 aliphatic heterocycles. The van der Waals surface area contributed by atoms with Crippen LogP contribution in [0.1, 0.15) is 10.6 Å². The van der Waals surface area contributed by atoms with Crippen molar-refractivity contribution in [1.82, 2.24) is 0 Å². The number of benzene rings is 1. The molecule has 0 saturated heterocycles. The lowest BCUT2D eigenvalue weighted by atomic mass is 10.3. The Bertz CT molecular complexity index is 566. The van der Waals surface area contributed by atoms with E-state index < -0.39 is 5.97 Å². The van der Waals surface area contributed by atoms with Crippen LogP contribution in [-0.4, -0.2) is 11.1 Å².